The van der Waals surface area contributed by atoms with Gasteiger partial charge >= 0.3 is 0 Å². The molecule has 18 heavy (non-hydrogen) atoms. The maximum absolute atomic E-state index is 3.33. The number of benzene rings is 2. The van der Waals surface area contributed by atoms with Gasteiger partial charge in [0.25, 0.3) is 0 Å². The van der Waals surface area contributed by atoms with Crippen molar-refractivity contribution in [1.29, 1.82) is 0 Å². The van der Waals surface area contributed by atoms with E-state index in [1.165, 1.54) is 5.69 Å². The van der Waals surface area contributed by atoms with Gasteiger partial charge in [0.1, 0.15) is 0 Å². The van der Waals surface area contributed by atoms with Crippen LogP contribution in [0.1, 0.15) is 13.8 Å². The van der Waals surface area contributed by atoms with Crippen LogP contribution in [-0.4, -0.2) is 13.1 Å². The molecule has 0 unspecified atom stereocenters. The maximum Gasteiger partial charge on any atom is 0.0343 e. The van der Waals surface area contributed by atoms with Crippen LogP contribution < -0.4 is 10.6 Å². The van der Waals surface area contributed by atoms with Crippen molar-refractivity contribution in [1.82, 2.24) is 0 Å². The first-order valence-corrected chi connectivity index (χ1v) is 6.26. The quantitative estimate of drug-likeness (QED) is 0.841. The normalized spacial score (nSPS) is 9.33. The van der Waals surface area contributed by atoms with Gasteiger partial charge in [-0.3, -0.25) is 0 Å². The van der Waals surface area contributed by atoms with Crippen LogP contribution in [0.25, 0.3) is 0 Å². The lowest BCUT2D eigenvalue weighted by Crippen LogP contribution is -2.09. The van der Waals surface area contributed by atoms with Gasteiger partial charge in [-0.15, -0.1) is 0 Å². The molecule has 0 atom stereocenters. The van der Waals surface area contributed by atoms with Gasteiger partial charge in [-0.25, -0.2) is 0 Å². The lowest BCUT2D eigenvalue weighted by Gasteiger charge is -2.10. The Bertz CT molecular complexity index is 380. The molecule has 2 rings (SSSR count). The summed E-state index contributed by atoms with van der Waals surface area (Å²) >= 11 is 0. The third-order valence-corrected chi connectivity index (χ3v) is 2.30. The Morgan fingerprint density at radius 3 is 1.44 bits per heavy atom. The topological polar surface area (TPSA) is 24.1 Å². The van der Waals surface area contributed by atoms with Gasteiger partial charge in [0.05, 0.1) is 0 Å². The fourth-order valence-electron chi connectivity index (χ4n) is 1.45. The smallest absolute Gasteiger partial charge is 0.0343 e. The summed E-state index contributed by atoms with van der Waals surface area (Å²) in [5, 5.41) is 6.41. The molecular weight excluding hydrogens is 220 g/mol. The Morgan fingerprint density at radius 2 is 1.11 bits per heavy atom. The molecule has 0 saturated heterocycles. The van der Waals surface area contributed by atoms with Gasteiger partial charge in [0.2, 0.25) is 0 Å². The summed E-state index contributed by atoms with van der Waals surface area (Å²) < 4.78 is 0. The van der Waals surface area contributed by atoms with E-state index in [0.717, 1.165) is 5.69 Å². The van der Waals surface area contributed by atoms with Crippen LogP contribution >= 0.6 is 0 Å². The zero-order chi connectivity index (χ0) is 13.2. The Morgan fingerprint density at radius 1 is 0.722 bits per heavy atom. The summed E-state index contributed by atoms with van der Waals surface area (Å²) in [7, 11) is 1.92. The zero-order valence-electron chi connectivity index (χ0n) is 11.4. The largest absolute Gasteiger partial charge is 0.388 e. The molecule has 2 N–H and O–H groups in total. The molecule has 96 valence electrons. The third-order valence-electron chi connectivity index (χ3n) is 2.30. The van der Waals surface area contributed by atoms with E-state index in [9.17, 15) is 0 Å². The van der Waals surface area contributed by atoms with Gasteiger partial charge in [0.15, 0.2) is 0 Å². The van der Waals surface area contributed by atoms with Crippen molar-refractivity contribution in [3.8, 4) is 0 Å². The average Bonchev–Trinajstić information content (AvgIpc) is 2.42. The first-order chi connectivity index (χ1) is 8.72. The van der Waals surface area contributed by atoms with E-state index in [2.05, 4.69) is 48.7 Å². The van der Waals surface area contributed by atoms with Crippen LogP contribution in [0.2, 0.25) is 0 Å². The van der Waals surface area contributed by atoms with Crippen molar-refractivity contribution < 1.29 is 0 Å². The standard InChI is InChI=1S/C10H16N2.C6H6/c1-8(2)12-10-6-4-9(11-3)5-7-10;1-2-4-6-5-3-1/h4-8,11-12H,1-3H3;1-6H. The van der Waals surface area contributed by atoms with Gasteiger partial charge in [-0.1, -0.05) is 36.4 Å². The summed E-state index contributed by atoms with van der Waals surface area (Å²) in [6.07, 6.45) is 0. The first kappa shape index (κ1) is 14.1. The van der Waals surface area contributed by atoms with Crippen LogP contribution in [0, 0.1) is 0 Å². The average molecular weight is 242 g/mol. The minimum absolute atomic E-state index is 0.491. The molecule has 0 heterocycles. The zero-order valence-corrected chi connectivity index (χ0v) is 11.4. The second kappa shape index (κ2) is 8.18. The van der Waals surface area contributed by atoms with Gasteiger partial charge in [-0.05, 0) is 38.1 Å². The Kier molecular flexibility index (Phi) is 6.41. The lowest BCUT2D eigenvalue weighted by molar-refractivity contribution is 0.900. The third kappa shape index (κ3) is 5.94. The molecule has 0 saturated carbocycles. The van der Waals surface area contributed by atoms with E-state index in [4.69, 9.17) is 0 Å². The second-order valence-corrected chi connectivity index (χ2v) is 4.28. The minimum Gasteiger partial charge on any atom is -0.388 e. The molecule has 0 aliphatic heterocycles. The summed E-state index contributed by atoms with van der Waals surface area (Å²) in [6.45, 7) is 4.26. The summed E-state index contributed by atoms with van der Waals surface area (Å²) in [5.41, 5.74) is 2.31. The molecule has 2 nitrogen and oxygen atoms in total. The monoisotopic (exact) mass is 242 g/mol. The fraction of sp³-hybridized carbons (Fsp3) is 0.250. The van der Waals surface area contributed by atoms with E-state index in [0.29, 0.717) is 6.04 Å². The van der Waals surface area contributed by atoms with Crippen LogP contribution in [0.4, 0.5) is 11.4 Å². The van der Waals surface area contributed by atoms with E-state index in [-0.39, 0.29) is 0 Å². The van der Waals surface area contributed by atoms with Crippen molar-refractivity contribution in [3.05, 3.63) is 60.7 Å². The van der Waals surface area contributed by atoms with E-state index >= 15 is 0 Å². The molecule has 0 fully saturated rings. The number of nitrogens with one attached hydrogen (secondary N) is 2. The highest BCUT2D eigenvalue weighted by Crippen LogP contribution is 2.13. The molecule has 0 bridgehead atoms. The number of hydrogen-bond acceptors (Lipinski definition) is 2. The fourth-order valence-corrected chi connectivity index (χ4v) is 1.45. The number of anilines is 2. The number of hydrogen-bond donors (Lipinski definition) is 2. The van der Waals surface area contributed by atoms with Crippen molar-refractivity contribution in [2.45, 2.75) is 19.9 Å². The van der Waals surface area contributed by atoms with Crippen molar-refractivity contribution in [2.24, 2.45) is 0 Å². The molecule has 0 spiro atoms. The Balaban J connectivity index is 0.000000225. The van der Waals surface area contributed by atoms with E-state index < -0.39 is 0 Å². The van der Waals surface area contributed by atoms with Gasteiger partial charge in [-0.2, -0.15) is 0 Å². The van der Waals surface area contributed by atoms with E-state index in [1.54, 1.807) is 0 Å². The second-order valence-electron chi connectivity index (χ2n) is 4.28. The van der Waals surface area contributed by atoms with Crippen molar-refractivity contribution >= 4 is 11.4 Å². The first-order valence-electron chi connectivity index (χ1n) is 6.26. The molecule has 2 aromatic carbocycles. The summed E-state index contributed by atoms with van der Waals surface area (Å²) in [6, 6.07) is 20.8. The Hall–Kier alpha value is -1.96. The van der Waals surface area contributed by atoms with Gasteiger partial charge in [0, 0.05) is 24.5 Å². The predicted octanol–water partition coefficient (Wildman–Crippen LogP) is 4.24. The van der Waals surface area contributed by atoms with E-state index in [1.807, 2.05) is 43.4 Å². The SMILES string of the molecule is CNc1ccc(NC(C)C)cc1.c1ccccc1. The molecule has 0 aromatic heterocycles. The van der Waals surface area contributed by atoms with Gasteiger partial charge < -0.3 is 10.6 Å². The summed E-state index contributed by atoms with van der Waals surface area (Å²) in [4.78, 5) is 0. The minimum atomic E-state index is 0.491. The lowest BCUT2D eigenvalue weighted by atomic mass is 10.2. The van der Waals surface area contributed by atoms with Crippen LogP contribution in [0.15, 0.2) is 60.7 Å². The van der Waals surface area contributed by atoms with Crippen LogP contribution in [-0.2, 0) is 0 Å². The molecular formula is C16H22N2. The molecule has 0 aliphatic rings. The molecule has 2 heteroatoms. The molecule has 0 aliphatic carbocycles. The van der Waals surface area contributed by atoms with Crippen molar-refractivity contribution in [2.75, 3.05) is 17.7 Å². The predicted molar refractivity (Wildman–Crippen MR) is 81.2 cm³/mol. The molecule has 0 amide bonds. The molecule has 2 aromatic rings. The van der Waals surface area contributed by atoms with Crippen molar-refractivity contribution in [3.63, 3.8) is 0 Å². The maximum atomic E-state index is 3.33. The number of rotatable bonds is 3. The molecule has 0 radical (unpaired) electrons. The van der Waals surface area contributed by atoms with Crippen LogP contribution in [0.3, 0.4) is 0 Å². The highest BCUT2D eigenvalue weighted by molar-refractivity contribution is 5.53. The highest BCUT2D eigenvalue weighted by Gasteiger charge is 1.93. The highest BCUT2D eigenvalue weighted by atomic mass is 14.9. The Labute approximate surface area is 110 Å². The van der Waals surface area contributed by atoms with Crippen LogP contribution in [0.5, 0.6) is 0 Å². The summed E-state index contributed by atoms with van der Waals surface area (Å²) in [5.74, 6) is 0.